The lowest BCUT2D eigenvalue weighted by Crippen LogP contribution is -2.45. The highest BCUT2D eigenvalue weighted by molar-refractivity contribution is 5.44. The van der Waals surface area contributed by atoms with Gasteiger partial charge in [0.05, 0.1) is 11.9 Å². The number of hydrogen-bond acceptors (Lipinski definition) is 3. The molecule has 0 radical (unpaired) electrons. The number of aromatic nitrogens is 2. The third kappa shape index (κ3) is 1.75. The Kier molecular flexibility index (Phi) is 2.46. The first-order valence-corrected chi connectivity index (χ1v) is 5.17. The molecule has 2 N–H and O–H groups in total. The average molecular weight is 194 g/mol. The summed E-state index contributed by atoms with van der Waals surface area (Å²) >= 11 is 0. The van der Waals surface area contributed by atoms with Crippen LogP contribution in [0.15, 0.2) is 12.4 Å². The minimum absolute atomic E-state index is 0.373. The zero-order valence-corrected chi connectivity index (χ0v) is 8.85. The van der Waals surface area contributed by atoms with Crippen LogP contribution in [0.2, 0.25) is 0 Å². The SMILES string of the molecule is CC1CC(N)CCN1c1cnn(C)c1. The molecule has 4 nitrogen and oxygen atoms in total. The maximum Gasteiger partial charge on any atom is 0.0754 e. The van der Waals surface area contributed by atoms with Gasteiger partial charge in [0.2, 0.25) is 0 Å². The Morgan fingerprint density at radius 1 is 1.57 bits per heavy atom. The zero-order chi connectivity index (χ0) is 10.1. The Balaban J connectivity index is 2.11. The van der Waals surface area contributed by atoms with Crippen LogP contribution in [0, 0.1) is 0 Å². The Labute approximate surface area is 84.7 Å². The first kappa shape index (κ1) is 9.52. The summed E-state index contributed by atoms with van der Waals surface area (Å²) in [5, 5.41) is 4.19. The van der Waals surface area contributed by atoms with Gasteiger partial charge >= 0.3 is 0 Å². The maximum atomic E-state index is 5.92. The molecule has 0 spiro atoms. The summed E-state index contributed by atoms with van der Waals surface area (Å²) in [4.78, 5) is 2.39. The van der Waals surface area contributed by atoms with Gasteiger partial charge in [0, 0.05) is 31.9 Å². The number of piperidine rings is 1. The lowest BCUT2D eigenvalue weighted by molar-refractivity contribution is 0.430. The molecule has 1 aliphatic rings. The van der Waals surface area contributed by atoms with E-state index >= 15 is 0 Å². The van der Waals surface area contributed by atoms with Crippen molar-refractivity contribution >= 4 is 5.69 Å². The number of rotatable bonds is 1. The monoisotopic (exact) mass is 194 g/mol. The van der Waals surface area contributed by atoms with Crippen LogP contribution in [0.4, 0.5) is 5.69 Å². The standard InChI is InChI=1S/C10H18N4/c1-8-5-9(11)3-4-14(8)10-6-12-13(2)7-10/h6-9H,3-5,11H2,1-2H3. The Hall–Kier alpha value is -1.03. The number of hydrogen-bond donors (Lipinski definition) is 1. The lowest BCUT2D eigenvalue weighted by atomic mass is 9.99. The van der Waals surface area contributed by atoms with Crippen molar-refractivity contribution in [2.75, 3.05) is 11.4 Å². The predicted octanol–water partition coefficient (Wildman–Crippen LogP) is 0.736. The van der Waals surface area contributed by atoms with Gasteiger partial charge in [0.15, 0.2) is 0 Å². The summed E-state index contributed by atoms with van der Waals surface area (Å²) in [5.41, 5.74) is 7.14. The summed E-state index contributed by atoms with van der Waals surface area (Å²) in [5.74, 6) is 0. The molecule has 1 saturated heterocycles. The molecule has 78 valence electrons. The summed E-state index contributed by atoms with van der Waals surface area (Å²) in [6.07, 6.45) is 6.15. The fourth-order valence-corrected chi connectivity index (χ4v) is 2.15. The Morgan fingerprint density at radius 2 is 2.36 bits per heavy atom. The molecule has 0 aliphatic carbocycles. The van der Waals surface area contributed by atoms with Crippen molar-refractivity contribution in [2.24, 2.45) is 12.8 Å². The van der Waals surface area contributed by atoms with E-state index in [0.717, 1.165) is 19.4 Å². The van der Waals surface area contributed by atoms with Gasteiger partial charge in [-0.1, -0.05) is 0 Å². The quantitative estimate of drug-likeness (QED) is 0.717. The third-order valence-electron chi connectivity index (χ3n) is 2.94. The number of anilines is 1. The molecule has 2 atom stereocenters. The highest BCUT2D eigenvalue weighted by Crippen LogP contribution is 2.23. The van der Waals surface area contributed by atoms with Crippen molar-refractivity contribution in [3.05, 3.63) is 12.4 Å². The van der Waals surface area contributed by atoms with E-state index in [9.17, 15) is 0 Å². The smallest absolute Gasteiger partial charge is 0.0754 e. The topological polar surface area (TPSA) is 47.1 Å². The van der Waals surface area contributed by atoms with E-state index in [-0.39, 0.29) is 0 Å². The molecule has 1 fully saturated rings. The lowest BCUT2D eigenvalue weighted by Gasteiger charge is -2.37. The summed E-state index contributed by atoms with van der Waals surface area (Å²) in [6, 6.07) is 0.904. The van der Waals surface area contributed by atoms with Crippen LogP contribution >= 0.6 is 0 Å². The van der Waals surface area contributed by atoms with E-state index in [1.165, 1.54) is 5.69 Å². The van der Waals surface area contributed by atoms with Crippen LogP contribution in [0.5, 0.6) is 0 Å². The van der Waals surface area contributed by atoms with Crippen molar-refractivity contribution in [1.29, 1.82) is 0 Å². The third-order valence-corrected chi connectivity index (χ3v) is 2.94. The van der Waals surface area contributed by atoms with Gasteiger partial charge in [-0.25, -0.2) is 0 Å². The van der Waals surface area contributed by atoms with Gasteiger partial charge < -0.3 is 10.6 Å². The minimum atomic E-state index is 0.373. The molecular weight excluding hydrogens is 176 g/mol. The fourth-order valence-electron chi connectivity index (χ4n) is 2.15. The van der Waals surface area contributed by atoms with E-state index in [2.05, 4.69) is 23.1 Å². The summed E-state index contributed by atoms with van der Waals surface area (Å²) in [6.45, 7) is 3.28. The molecule has 2 rings (SSSR count). The van der Waals surface area contributed by atoms with E-state index < -0.39 is 0 Å². The van der Waals surface area contributed by atoms with Crippen molar-refractivity contribution in [2.45, 2.75) is 31.8 Å². The van der Waals surface area contributed by atoms with Crippen molar-refractivity contribution in [1.82, 2.24) is 9.78 Å². The van der Waals surface area contributed by atoms with Crippen molar-refractivity contribution < 1.29 is 0 Å². The fraction of sp³-hybridized carbons (Fsp3) is 0.700. The number of nitrogens with two attached hydrogens (primary N) is 1. The van der Waals surface area contributed by atoms with Gasteiger partial charge in [-0.15, -0.1) is 0 Å². The molecule has 2 heterocycles. The Morgan fingerprint density at radius 3 is 2.93 bits per heavy atom. The average Bonchev–Trinajstić information content (AvgIpc) is 2.51. The number of aryl methyl sites for hydroxylation is 1. The van der Waals surface area contributed by atoms with Crippen LogP contribution in [-0.2, 0) is 7.05 Å². The second-order valence-electron chi connectivity index (χ2n) is 4.20. The molecule has 4 heteroatoms. The Bertz CT molecular complexity index is 307. The van der Waals surface area contributed by atoms with Crippen LogP contribution < -0.4 is 10.6 Å². The van der Waals surface area contributed by atoms with Gasteiger partial charge in [-0.2, -0.15) is 5.10 Å². The number of nitrogens with zero attached hydrogens (tertiary/aromatic N) is 3. The maximum absolute atomic E-state index is 5.92. The molecular formula is C10H18N4. The molecule has 1 aromatic rings. The highest BCUT2D eigenvalue weighted by atomic mass is 15.3. The first-order valence-electron chi connectivity index (χ1n) is 5.17. The largest absolute Gasteiger partial charge is 0.366 e. The highest BCUT2D eigenvalue weighted by Gasteiger charge is 2.23. The van der Waals surface area contributed by atoms with Gasteiger partial charge in [-0.05, 0) is 19.8 Å². The van der Waals surface area contributed by atoms with Gasteiger partial charge in [0.1, 0.15) is 0 Å². The molecule has 14 heavy (non-hydrogen) atoms. The summed E-state index contributed by atoms with van der Waals surface area (Å²) < 4.78 is 1.84. The normalized spacial score (nSPS) is 28.1. The van der Waals surface area contributed by atoms with E-state index in [4.69, 9.17) is 5.73 Å². The van der Waals surface area contributed by atoms with Crippen LogP contribution in [-0.4, -0.2) is 28.4 Å². The van der Waals surface area contributed by atoms with Gasteiger partial charge in [0.25, 0.3) is 0 Å². The van der Waals surface area contributed by atoms with E-state index in [1.807, 2.05) is 17.9 Å². The molecule has 0 aromatic carbocycles. The van der Waals surface area contributed by atoms with Crippen LogP contribution in [0.3, 0.4) is 0 Å². The van der Waals surface area contributed by atoms with E-state index in [0.29, 0.717) is 12.1 Å². The van der Waals surface area contributed by atoms with Crippen molar-refractivity contribution in [3.63, 3.8) is 0 Å². The first-order chi connectivity index (χ1) is 6.66. The molecule has 0 saturated carbocycles. The van der Waals surface area contributed by atoms with Crippen molar-refractivity contribution in [3.8, 4) is 0 Å². The molecule has 2 unspecified atom stereocenters. The molecule has 0 amide bonds. The van der Waals surface area contributed by atoms with Crippen LogP contribution in [0.25, 0.3) is 0 Å². The second kappa shape index (κ2) is 3.61. The van der Waals surface area contributed by atoms with Crippen LogP contribution in [0.1, 0.15) is 19.8 Å². The second-order valence-corrected chi connectivity index (χ2v) is 4.20. The van der Waals surface area contributed by atoms with E-state index in [1.54, 1.807) is 0 Å². The zero-order valence-electron chi connectivity index (χ0n) is 8.85. The molecule has 1 aliphatic heterocycles. The predicted molar refractivity (Wildman–Crippen MR) is 57.2 cm³/mol. The summed E-state index contributed by atoms with van der Waals surface area (Å²) in [7, 11) is 1.95. The molecule has 1 aromatic heterocycles. The van der Waals surface area contributed by atoms with Gasteiger partial charge in [-0.3, -0.25) is 4.68 Å². The molecule has 0 bridgehead atoms. The minimum Gasteiger partial charge on any atom is -0.366 e.